The van der Waals surface area contributed by atoms with Gasteiger partial charge in [-0.2, -0.15) is 8.75 Å². The van der Waals surface area contributed by atoms with Crippen LogP contribution in [-0.4, -0.2) is 33.4 Å². The summed E-state index contributed by atoms with van der Waals surface area (Å²) in [5.74, 6) is 0. The Morgan fingerprint density at radius 2 is 2.04 bits per heavy atom. The molecule has 1 saturated heterocycles. The van der Waals surface area contributed by atoms with E-state index in [1.165, 1.54) is 0 Å². The van der Waals surface area contributed by atoms with E-state index in [0.717, 1.165) is 28.5 Å². The van der Waals surface area contributed by atoms with E-state index in [4.69, 9.17) is 4.74 Å². The van der Waals surface area contributed by atoms with Crippen LogP contribution in [0.25, 0.3) is 11.0 Å². The summed E-state index contributed by atoms with van der Waals surface area (Å²) in [5, 5.41) is 11.3. The van der Waals surface area contributed by atoms with E-state index in [1.54, 1.807) is 6.07 Å². The van der Waals surface area contributed by atoms with Crippen molar-refractivity contribution < 1.29 is 9.66 Å². The third kappa shape index (κ3) is 2.83. The van der Waals surface area contributed by atoms with Gasteiger partial charge in [0.25, 0.3) is 5.69 Å². The number of nitro benzene ring substituents is 1. The molecule has 3 aromatic rings. The van der Waals surface area contributed by atoms with Crippen molar-refractivity contribution >= 4 is 34.1 Å². The van der Waals surface area contributed by atoms with E-state index in [2.05, 4.69) is 25.8 Å². The minimum Gasteiger partial charge on any atom is -0.370 e. The molecule has 1 aromatic heterocycles. The molecule has 0 amide bonds. The molecule has 4 rings (SSSR count). The zero-order chi connectivity index (χ0) is 17.4. The maximum Gasteiger partial charge on any atom is 0.298 e. The molecule has 2 heterocycles. The molecule has 2 aromatic carbocycles. The third-order valence-corrected chi connectivity index (χ3v) is 4.96. The maximum atomic E-state index is 11.3. The lowest BCUT2D eigenvalue weighted by atomic mass is 10.1. The van der Waals surface area contributed by atoms with Gasteiger partial charge < -0.3 is 9.64 Å². The number of rotatable bonds is 3. The molecule has 25 heavy (non-hydrogen) atoms. The van der Waals surface area contributed by atoms with E-state index < -0.39 is 4.92 Å². The summed E-state index contributed by atoms with van der Waals surface area (Å²) in [7, 11) is 0. The molecule has 0 N–H and O–H groups in total. The number of nitro groups is 1. The Morgan fingerprint density at radius 3 is 2.80 bits per heavy atom. The quantitative estimate of drug-likeness (QED) is 0.528. The molecular formula is C17H16N4O3S. The molecule has 1 unspecified atom stereocenters. The molecule has 8 heteroatoms. The first-order valence-corrected chi connectivity index (χ1v) is 8.70. The first-order valence-electron chi connectivity index (χ1n) is 7.97. The number of fused-ring (bicyclic) bond motifs is 1. The van der Waals surface area contributed by atoms with Gasteiger partial charge in [0.05, 0.1) is 28.9 Å². The summed E-state index contributed by atoms with van der Waals surface area (Å²) in [6.45, 7) is 3.87. The highest BCUT2D eigenvalue weighted by atomic mass is 32.1. The normalized spacial score (nSPS) is 17.8. The van der Waals surface area contributed by atoms with Gasteiger partial charge in [-0.25, -0.2) is 0 Å². The lowest BCUT2D eigenvalue weighted by Crippen LogP contribution is -2.38. The molecule has 0 bridgehead atoms. The number of nitrogens with zero attached hydrogens (tertiary/aromatic N) is 4. The van der Waals surface area contributed by atoms with E-state index in [9.17, 15) is 10.1 Å². The fourth-order valence-corrected chi connectivity index (χ4v) is 3.86. The first kappa shape index (κ1) is 15.9. The summed E-state index contributed by atoms with van der Waals surface area (Å²) in [4.78, 5) is 13.1. The van der Waals surface area contributed by atoms with Crippen molar-refractivity contribution in [1.29, 1.82) is 0 Å². The predicted molar refractivity (Wildman–Crippen MR) is 96.2 cm³/mol. The Kier molecular flexibility index (Phi) is 4.06. The summed E-state index contributed by atoms with van der Waals surface area (Å²) in [6.07, 6.45) is -0.0359. The molecule has 1 atom stereocenters. The van der Waals surface area contributed by atoms with E-state index >= 15 is 0 Å². The highest BCUT2D eigenvalue weighted by Crippen LogP contribution is 2.37. The second-order valence-electron chi connectivity index (χ2n) is 6.00. The van der Waals surface area contributed by atoms with Gasteiger partial charge in [0.15, 0.2) is 5.52 Å². The van der Waals surface area contributed by atoms with Gasteiger partial charge in [-0.3, -0.25) is 10.1 Å². The van der Waals surface area contributed by atoms with Gasteiger partial charge in [0.2, 0.25) is 0 Å². The Bertz CT molecular complexity index is 928. The zero-order valence-corrected chi connectivity index (χ0v) is 14.4. The average Bonchev–Trinajstić information content (AvgIpc) is 3.11. The lowest BCUT2D eigenvalue weighted by molar-refractivity contribution is -0.383. The van der Waals surface area contributed by atoms with E-state index in [-0.39, 0.29) is 11.8 Å². The van der Waals surface area contributed by atoms with Crippen molar-refractivity contribution in [2.24, 2.45) is 0 Å². The average molecular weight is 356 g/mol. The molecule has 0 spiro atoms. The largest absolute Gasteiger partial charge is 0.370 e. The van der Waals surface area contributed by atoms with Crippen LogP contribution in [-0.2, 0) is 4.74 Å². The van der Waals surface area contributed by atoms with E-state index in [1.807, 2.05) is 25.1 Å². The number of non-ortho nitro benzene ring substituents is 1. The number of aryl methyl sites for hydroxylation is 1. The summed E-state index contributed by atoms with van der Waals surface area (Å²) < 4.78 is 14.4. The fraction of sp³-hybridized carbons (Fsp3) is 0.294. The number of hydrogen-bond donors (Lipinski definition) is 0. The highest BCUT2D eigenvalue weighted by Gasteiger charge is 2.28. The maximum absolute atomic E-state index is 11.3. The zero-order valence-electron chi connectivity index (χ0n) is 13.6. The third-order valence-electron chi connectivity index (χ3n) is 4.43. The van der Waals surface area contributed by atoms with Crippen molar-refractivity contribution in [2.75, 3.05) is 24.6 Å². The number of hydrogen-bond acceptors (Lipinski definition) is 7. The van der Waals surface area contributed by atoms with Crippen LogP contribution in [0.1, 0.15) is 17.2 Å². The summed E-state index contributed by atoms with van der Waals surface area (Å²) in [5.41, 5.74) is 3.85. The molecule has 1 fully saturated rings. The van der Waals surface area contributed by atoms with Crippen molar-refractivity contribution in [1.82, 2.24) is 8.75 Å². The van der Waals surface area contributed by atoms with Crippen LogP contribution in [0.4, 0.5) is 11.4 Å². The molecule has 0 radical (unpaired) electrons. The van der Waals surface area contributed by atoms with Crippen LogP contribution in [0.5, 0.6) is 0 Å². The van der Waals surface area contributed by atoms with Gasteiger partial charge in [-0.15, -0.1) is 0 Å². The van der Waals surface area contributed by atoms with Crippen LogP contribution in [0.3, 0.4) is 0 Å². The first-order chi connectivity index (χ1) is 12.1. The second-order valence-corrected chi connectivity index (χ2v) is 6.52. The monoisotopic (exact) mass is 356 g/mol. The van der Waals surface area contributed by atoms with Gasteiger partial charge >= 0.3 is 0 Å². The predicted octanol–water partition coefficient (Wildman–Crippen LogP) is 3.49. The van der Waals surface area contributed by atoms with Crippen LogP contribution in [0.2, 0.25) is 0 Å². The van der Waals surface area contributed by atoms with Gasteiger partial charge in [0, 0.05) is 19.2 Å². The van der Waals surface area contributed by atoms with Crippen LogP contribution >= 0.6 is 11.7 Å². The number of benzene rings is 2. The van der Waals surface area contributed by atoms with Crippen molar-refractivity contribution in [3.63, 3.8) is 0 Å². The number of aromatic nitrogens is 2. The Balaban J connectivity index is 1.74. The molecule has 128 valence electrons. The topological polar surface area (TPSA) is 81.4 Å². The molecule has 1 aliphatic rings. The molecule has 1 aliphatic heterocycles. The molecule has 7 nitrogen and oxygen atoms in total. The van der Waals surface area contributed by atoms with Crippen molar-refractivity contribution in [2.45, 2.75) is 13.0 Å². The Morgan fingerprint density at radius 1 is 1.28 bits per heavy atom. The second kappa shape index (κ2) is 6.38. The molecule has 0 saturated carbocycles. The number of morpholine rings is 1. The molecular weight excluding hydrogens is 340 g/mol. The SMILES string of the molecule is Cc1cc([N+](=O)[O-])c2nsnc2c1N1CCOC(c2ccccc2)C1. The summed E-state index contributed by atoms with van der Waals surface area (Å²) in [6, 6.07) is 11.7. The lowest BCUT2D eigenvalue weighted by Gasteiger charge is -2.35. The van der Waals surface area contributed by atoms with Gasteiger partial charge in [0.1, 0.15) is 11.6 Å². The van der Waals surface area contributed by atoms with Crippen LogP contribution in [0, 0.1) is 17.0 Å². The summed E-state index contributed by atoms with van der Waals surface area (Å²) >= 11 is 1.01. The van der Waals surface area contributed by atoms with Gasteiger partial charge in [-0.1, -0.05) is 30.3 Å². The highest BCUT2D eigenvalue weighted by molar-refractivity contribution is 7.00. The Hall–Kier alpha value is -2.58. The minimum atomic E-state index is -0.396. The van der Waals surface area contributed by atoms with Crippen LogP contribution < -0.4 is 4.90 Å². The fourth-order valence-electron chi connectivity index (χ4n) is 3.30. The van der Waals surface area contributed by atoms with Crippen LogP contribution in [0.15, 0.2) is 36.4 Å². The van der Waals surface area contributed by atoms with Crippen molar-refractivity contribution in [3.05, 3.63) is 57.6 Å². The minimum absolute atomic E-state index is 0.0119. The van der Waals surface area contributed by atoms with Crippen molar-refractivity contribution in [3.8, 4) is 0 Å². The molecule has 0 aliphatic carbocycles. The Labute approximate surface area is 148 Å². The number of anilines is 1. The standard InChI is InChI=1S/C17H16N4O3S/c1-11-9-13(21(22)23)15-16(19-25-18-15)17(11)20-7-8-24-14(10-20)12-5-3-2-4-6-12/h2-6,9,14H,7-8,10H2,1H3. The van der Waals surface area contributed by atoms with Gasteiger partial charge in [-0.05, 0) is 18.1 Å². The van der Waals surface area contributed by atoms with E-state index in [0.29, 0.717) is 30.7 Å². The number of ether oxygens (including phenoxy) is 1. The smallest absolute Gasteiger partial charge is 0.298 e.